The number of nitrogens with two attached hydrogens (primary N) is 1. The molecule has 2 rings (SSSR count). The number of phenolic OH excluding ortho intramolecular Hbond substituents is 1. The minimum atomic E-state index is 0.326. The van der Waals surface area contributed by atoms with Crippen molar-refractivity contribution in [2.24, 2.45) is 5.73 Å². The number of aryl methyl sites for hydroxylation is 2. The van der Waals surface area contributed by atoms with Gasteiger partial charge in [0.1, 0.15) is 5.75 Å². The van der Waals surface area contributed by atoms with E-state index in [9.17, 15) is 5.11 Å². The first kappa shape index (κ1) is 11.0. The molecule has 1 aromatic carbocycles. The Morgan fingerprint density at radius 2 is 2.12 bits per heavy atom. The zero-order chi connectivity index (χ0) is 11.5. The van der Waals surface area contributed by atoms with Crippen LogP contribution in [0.4, 0.5) is 0 Å². The Kier molecular flexibility index (Phi) is 3.15. The average molecular weight is 218 g/mol. The van der Waals surface area contributed by atoms with Gasteiger partial charge < -0.3 is 15.8 Å². The van der Waals surface area contributed by atoms with Gasteiger partial charge in [-0.3, -0.25) is 0 Å². The second-order valence-corrected chi connectivity index (χ2v) is 4.20. The van der Waals surface area contributed by atoms with Crippen molar-refractivity contribution in [1.29, 1.82) is 0 Å². The molecule has 3 nitrogen and oxygen atoms in total. The Bertz CT molecular complexity index is 488. The number of nitrogens with one attached hydrogen (secondary N) is 1. The van der Waals surface area contributed by atoms with E-state index in [0.29, 0.717) is 5.75 Å². The third kappa shape index (κ3) is 2.04. The highest BCUT2D eigenvalue weighted by Gasteiger charge is 2.08. The normalized spacial score (nSPS) is 11.1. The van der Waals surface area contributed by atoms with Crippen molar-refractivity contribution in [1.82, 2.24) is 4.98 Å². The maximum absolute atomic E-state index is 9.50. The van der Waals surface area contributed by atoms with E-state index in [1.165, 1.54) is 11.3 Å². The topological polar surface area (TPSA) is 62.0 Å². The van der Waals surface area contributed by atoms with Crippen LogP contribution >= 0.6 is 0 Å². The van der Waals surface area contributed by atoms with Gasteiger partial charge in [0, 0.05) is 16.6 Å². The number of phenols is 1. The van der Waals surface area contributed by atoms with Gasteiger partial charge in [-0.15, -0.1) is 0 Å². The van der Waals surface area contributed by atoms with Crippen molar-refractivity contribution >= 4 is 10.9 Å². The van der Waals surface area contributed by atoms with Crippen LogP contribution < -0.4 is 5.73 Å². The molecule has 0 aliphatic heterocycles. The van der Waals surface area contributed by atoms with E-state index in [-0.39, 0.29) is 0 Å². The molecular formula is C13H18N2O. The molecule has 3 heteroatoms. The summed E-state index contributed by atoms with van der Waals surface area (Å²) in [6.45, 7) is 2.82. The van der Waals surface area contributed by atoms with Crippen molar-refractivity contribution in [3.05, 3.63) is 29.5 Å². The Hall–Kier alpha value is -1.48. The molecule has 0 spiro atoms. The average Bonchev–Trinajstić information content (AvgIpc) is 2.56. The summed E-state index contributed by atoms with van der Waals surface area (Å²) in [5, 5.41) is 10.6. The predicted molar refractivity (Wildman–Crippen MR) is 66.7 cm³/mol. The molecule has 0 saturated heterocycles. The number of aromatic nitrogens is 1. The van der Waals surface area contributed by atoms with Crippen molar-refractivity contribution in [2.45, 2.75) is 26.2 Å². The largest absolute Gasteiger partial charge is 0.508 e. The number of fused-ring (bicyclic) bond motifs is 1. The predicted octanol–water partition coefficient (Wildman–Crippen LogP) is 2.46. The number of unbranched alkanes of at least 4 members (excludes halogenated alkanes) is 1. The Morgan fingerprint density at radius 1 is 1.31 bits per heavy atom. The summed E-state index contributed by atoms with van der Waals surface area (Å²) in [5.74, 6) is 0.326. The molecule has 0 saturated carbocycles. The van der Waals surface area contributed by atoms with E-state index in [2.05, 4.69) is 11.9 Å². The smallest absolute Gasteiger partial charge is 0.116 e. The maximum atomic E-state index is 9.50. The zero-order valence-electron chi connectivity index (χ0n) is 9.59. The molecule has 1 aromatic heterocycles. The molecule has 0 aliphatic carbocycles. The van der Waals surface area contributed by atoms with Crippen LogP contribution in [0.15, 0.2) is 18.2 Å². The second kappa shape index (κ2) is 4.58. The summed E-state index contributed by atoms with van der Waals surface area (Å²) in [6.07, 6.45) is 3.16. The van der Waals surface area contributed by atoms with Crippen LogP contribution in [0.5, 0.6) is 5.75 Å². The second-order valence-electron chi connectivity index (χ2n) is 4.20. The minimum Gasteiger partial charge on any atom is -0.508 e. The quantitative estimate of drug-likeness (QED) is 0.690. The van der Waals surface area contributed by atoms with Crippen LogP contribution in [0.1, 0.15) is 24.1 Å². The lowest BCUT2D eigenvalue weighted by Gasteiger charge is -2.01. The Balaban J connectivity index is 2.34. The molecule has 0 fully saturated rings. The van der Waals surface area contributed by atoms with Gasteiger partial charge in [-0.05, 0) is 56.5 Å². The van der Waals surface area contributed by atoms with Gasteiger partial charge in [0.2, 0.25) is 0 Å². The number of hydrogen-bond donors (Lipinski definition) is 3. The van der Waals surface area contributed by atoms with Gasteiger partial charge in [0.15, 0.2) is 0 Å². The summed E-state index contributed by atoms with van der Waals surface area (Å²) in [5.41, 5.74) is 9.09. The van der Waals surface area contributed by atoms with Crippen LogP contribution in [0, 0.1) is 6.92 Å². The minimum absolute atomic E-state index is 0.326. The molecule has 0 amide bonds. The summed E-state index contributed by atoms with van der Waals surface area (Å²) < 4.78 is 0. The molecule has 16 heavy (non-hydrogen) atoms. The molecule has 0 bridgehead atoms. The highest BCUT2D eigenvalue weighted by molar-refractivity contribution is 5.85. The fourth-order valence-corrected chi connectivity index (χ4v) is 2.14. The lowest BCUT2D eigenvalue weighted by molar-refractivity contribution is 0.476. The van der Waals surface area contributed by atoms with Crippen LogP contribution in [0.25, 0.3) is 10.9 Å². The van der Waals surface area contributed by atoms with Gasteiger partial charge >= 0.3 is 0 Å². The monoisotopic (exact) mass is 218 g/mol. The fraction of sp³-hybridized carbons (Fsp3) is 0.385. The molecular weight excluding hydrogens is 200 g/mol. The van der Waals surface area contributed by atoms with Crippen LogP contribution in [0.2, 0.25) is 0 Å². The molecule has 86 valence electrons. The van der Waals surface area contributed by atoms with E-state index in [1.807, 2.05) is 12.1 Å². The number of rotatable bonds is 4. The SMILES string of the molecule is Cc1[nH]c2ccc(O)cc2c1CCCCN. The summed E-state index contributed by atoms with van der Waals surface area (Å²) in [7, 11) is 0. The first-order valence-corrected chi connectivity index (χ1v) is 5.72. The van der Waals surface area contributed by atoms with Gasteiger partial charge in [0.05, 0.1) is 0 Å². The van der Waals surface area contributed by atoms with E-state index in [0.717, 1.165) is 36.7 Å². The van der Waals surface area contributed by atoms with Crippen molar-refractivity contribution in [3.8, 4) is 5.75 Å². The fourth-order valence-electron chi connectivity index (χ4n) is 2.14. The maximum Gasteiger partial charge on any atom is 0.116 e. The molecule has 2 aromatic rings. The number of aromatic hydroxyl groups is 1. The third-order valence-electron chi connectivity index (χ3n) is 2.98. The summed E-state index contributed by atoms with van der Waals surface area (Å²) >= 11 is 0. The summed E-state index contributed by atoms with van der Waals surface area (Å²) in [4.78, 5) is 3.34. The Labute approximate surface area is 95.3 Å². The van der Waals surface area contributed by atoms with Gasteiger partial charge in [-0.1, -0.05) is 0 Å². The third-order valence-corrected chi connectivity index (χ3v) is 2.98. The van der Waals surface area contributed by atoms with E-state index in [1.54, 1.807) is 6.07 Å². The van der Waals surface area contributed by atoms with Crippen molar-refractivity contribution in [3.63, 3.8) is 0 Å². The first-order chi connectivity index (χ1) is 7.72. The number of H-pyrrole nitrogens is 1. The highest BCUT2D eigenvalue weighted by atomic mass is 16.3. The Morgan fingerprint density at radius 3 is 2.88 bits per heavy atom. The molecule has 0 unspecified atom stereocenters. The van der Waals surface area contributed by atoms with Crippen molar-refractivity contribution in [2.75, 3.05) is 6.54 Å². The summed E-state index contributed by atoms with van der Waals surface area (Å²) in [6, 6.07) is 5.46. The molecule has 1 heterocycles. The molecule has 0 aliphatic rings. The number of hydrogen-bond acceptors (Lipinski definition) is 2. The molecule has 0 radical (unpaired) electrons. The molecule has 0 atom stereocenters. The molecule has 4 N–H and O–H groups in total. The van der Waals surface area contributed by atoms with Crippen LogP contribution in [-0.4, -0.2) is 16.6 Å². The lowest BCUT2D eigenvalue weighted by Crippen LogP contribution is -1.99. The van der Waals surface area contributed by atoms with Crippen LogP contribution in [-0.2, 0) is 6.42 Å². The van der Waals surface area contributed by atoms with Gasteiger partial charge in [0.25, 0.3) is 0 Å². The van der Waals surface area contributed by atoms with Gasteiger partial charge in [-0.25, -0.2) is 0 Å². The van der Waals surface area contributed by atoms with Crippen LogP contribution in [0.3, 0.4) is 0 Å². The number of aromatic amines is 1. The van der Waals surface area contributed by atoms with E-state index < -0.39 is 0 Å². The number of benzene rings is 1. The van der Waals surface area contributed by atoms with Crippen molar-refractivity contribution < 1.29 is 5.11 Å². The van der Waals surface area contributed by atoms with E-state index >= 15 is 0 Å². The highest BCUT2D eigenvalue weighted by Crippen LogP contribution is 2.26. The lowest BCUT2D eigenvalue weighted by atomic mass is 10.0. The standard InChI is InChI=1S/C13H18N2O/c1-9-11(4-2-3-7-14)12-8-10(16)5-6-13(12)15-9/h5-6,8,15-16H,2-4,7,14H2,1H3. The first-order valence-electron chi connectivity index (χ1n) is 5.72. The van der Waals surface area contributed by atoms with E-state index in [4.69, 9.17) is 5.73 Å². The zero-order valence-corrected chi connectivity index (χ0v) is 9.59. The van der Waals surface area contributed by atoms with Gasteiger partial charge in [-0.2, -0.15) is 0 Å².